The SMILES string of the molecule is COc1cc(C)c(S(=O)N(C)CCCCC(=O)N(C)Cc2ccc3c(c2)CCN(C)CC3)c(C)c1. The Bertz CT molecular complexity index is 1030. The van der Waals surface area contributed by atoms with Gasteiger partial charge in [-0.3, -0.25) is 4.79 Å². The maximum atomic E-state index is 13.1. The zero-order chi connectivity index (χ0) is 25.5. The maximum Gasteiger partial charge on any atom is 0.222 e. The molecule has 0 fully saturated rings. The molecular formula is C28H41N3O3S. The lowest BCUT2D eigenvalue weighted by atomic mass is 10.00. The predicted molar refractivity (Wildman–Crippen MR) is 143 cm³/mol. The predicted octanol–water partition coefficient (Wildman–Crippen LogP) is 4.13. The van der Waals surface area contributed by atoms with Crippen molar-refractivity contribution in [3.05, 3.63) is 58.1 Å². The number of rotatable bonds is 10. The molecule has 0 saturated carbocycles. The Labute approximate surface area is 213 Å². The summed E-state index contributed by atoms with van der Waals surface area (Å²) >= 11 is 0. The number of unbranched alkanes of at least 4 members (excludes halogenated alkanes) is 1. The number of carbonyl (C=O) groups excluding carboxylic acids is 1. The first-order chi connectivity index (χ1) is 16.7. The smallest absolute Gasteiger partial charge is 0.222 e. The molecule has 2 aromatic carbocycles. The second kappa shape index (κ2) is 12.7. The third-order valence-corrected chi connectivity index (χ3v) is 8.62. The number of hydrogen-bond acceptors (Lipinski definition) is 4. The minimum atomic E-state index is -1.24. The lowest BCUT2D eigenvalue weighted by Crippen LogP contribution is -2.27. The number of nitrogens with zero attached hydrogens (tertiary/aromatic N) is 3. The third kappa shape index (κ3) is 7.38. The van der Waals surface area contributed by atoms with Gasteiger partial charge < -0.3 is 14.5 Å². The highest BCUT2D eigenvalue weighted by Crippen LogP contribution is 2.26. The van der Waals surface area contributed by atoms with Crippen molar-refractivity contribution in [1.82, 2.24) is 14.1 Å². The minimum Gasteiger partial charge on any atom is -0.497 e. The van der Waals surface area contributed by atoms with Crippen LogP contribution in [0.5, 0.6) is 5.75 Å². The number of fused-ring (bicyclic) bond motifs is 1. The topological polar surface area (TPSA) is 53.1 Å². The molecule has 0 radical (unpaired) electrons. The van der Waals surface area contributed by atoms with E-state index in [0.29, 0.717) is 19.5 Å². The normalized spacial score (nSPS) is 14.9. The van der Waals surface area contributed by atoms with E-state index in [1.165, 1.54) is 16.7 Å². The Hall–Kier alpha value is -2.22. The molecule has 35 heavy (non-hydrogen) atoms. The highest BCUT2D eigenvalue weighted by molar-refractivity contribution is 7.82. The molecule has 3 rings (SSSR count). The molecule has 7 heteroatoms. The number of amides is 1. The van der Waals surface area contributed by atoms with Crippen LogP contribution in [0.2, 0.25) is 0 Å². The fourth-order valence-corrected chi connectivity index (χ4v) is 5.97. The second-order valence-corrected chi connectivity index (χ2v) is 11.3. The average Bonchev–Trinajstić information content (AvgIpc) is 3.01. The van der Waals surface area contributed by atoms with Gasteiger partial charge in [-0.1, -0.05) is 18.2 Å². The summed E-state index contributed by atoms with van der Waals surface area (Å²) in [6.45, 7) is 7.44. The highest BCUT2D eigenvalue weighted by atomic mass is 32.2. The zero-order valence-electron chi connectivity index (χ0n) is 22.2. The Morgan fingerprint density at radius 1 is 1.03 bits per heavy atom. The quantitative estimate of drug-likeness (QED) is 0.462. The summed E-state index contributed by atoms with van der Waals surface area (Å²) in [6, 6.07) is 10.5. The van der Waals surface area contributed by atoms with E-state index >= 15 is 0 Å². The molecule has 192 valence electrons. The van der Waals surface area contributed by atoms with Gasteiger partial charge in [0.25, 0.3) is 0 Å². The van der Waals surface area contributed by atoms with Gasteiger partial charge in [-0.15, -0.1) is 0 Å². The number of likely N-dealkylation sites (N-methyl/N-ethyl adjacent to an activating group) is 1. The molecule has 1 heterocycles. The van der Waals surface area contributed by atoms with Crippen LogP contribution in [0.25, 0.3) is 0 Å². The largest absolute Gasteiger partial charge is 0.497 e. The number of benzene rings is 2. The van der Waals surface area contributed by atoms with E-state index < -0.39 is 11.0 Å². The van der Waals surface area contributed by atoms with E-state index in [2.05, 4.69) is 30.1 Å². The van der Waals surface area contributed by atoms with Crippen LogP contribution in [0, 0.1) is 13.8 Å². The van der Waals surface area contributed by atoms with Gasteiger partial charge >= 0.3 is 0 Å². The minimum absolute atomic E-state index is 0.158. The third-order valence-electron chi connectivity index (χ3n) is 6.88. The van der Waals surface area contributed by atoms with Crippen LogP contribution in [0.3, 0.4) is 0 Å². The van der Waals surface area contributed by atoms with Gasteiger partial charge in [0.15, 0.2) is 0 Å². The van der Waals surface area contributed by atoms with Crippen LogP contribution in [-0.2, 0) is 35.2 Å². The van der Waals surface area contributed by atoms with E-state index in [1.807, 2.05) is 49.3 Å². The van der Waals surface area contributed by atoms with Crippen molar-refractivity contribution in [2.75, 3.05) is 47.9 Å². The number of aryl methyl sites for hydroxylation is 2. The molecule has 0 bridgehead atoms. The van der Waals surface area contributed by atoms with E-state index in [1.54, 1.807) is 7.11 Å². The van der Waals surface area contributed by atoms with Crippen molar-refractivity contribution in [2.24, 2.45) is 0 Å². The van der Waals surface area contributed by atoms with Gasteiger partial charge in [0, 0.05) is 46.7 Å². The standard InChI is InChI=1S/C28H41N3O3S/c1-21-17-26(34-6)18-22(2)28(21)35(33)31(5)14-8-7-9-27(32)30(4)20-23-10-11-24-12-15-29(3)16-13-25(24)19-23/h10-11,17-19H,7-9,12-16,20H2,1-6H3. The number of ether oxygens (including phenoxy) is 1. The Kier molecular flexibility index (Phi) is 9.89. The Balaban J connectivity index is 1.45. The zero-order valence-corrected chi connectivity index (χ0v) is 23.0. The number of carbonyl (C=O) groups is 1. The average molecular weight is 500 g/mol. The molecule has 1 unspecified atom stereocenters. The summed E-state index contributed by atoms with van der Waals surface area (Å²) in [6.07, 6.45) is 4.27. The molecule has 1 aliphatic rings. The maximum absolute atomic E-state index is 13.1. The van der Waals surface area contributed by atoms with Gasteiger partial charge in [-0.25, -0.2) is 8.51 Å². The van der Waals surface area contributed by atoms with E-state index in [-0.39, 0.29) is 5.91 Å². The highest BCUT2D eigenvalue weighted by Gasteiger charge is 2.18. The first-order valence-corrected chi connectivity index (χ1v) is 13.6. The molecule has 0 aliphatic carbocycles. The van der Waals surface area contributed by atoms with Gasteiger partial charge in [0.05, 0.1) is 12.0 Å². The van der Waals surface area contributed by atoms with Crippen LogP contribution in [0.15, 0.2) is 35.2 Å². The second-order valence-electron chi connectivity index (χ2n) is 9.80. The molecule has 0 spiro atoms. The fourth-order valence-electron chi connectivity index (χ4n) is 4.69. The van der Waals surface area contributed by atoms with Crippen molar-refractivity contribution in [3.8, 4) is 5.75 Å². The summed E-state index contributed by atoms with van der Waals surface area (Å²) < 4.78 is 20.3. The molecule has 6 nitrogen and oxygen atoms in total. The monoisotopic (exact) mass is 499 g/mol. The van der Waals surface area contributed by atoms with Crippen LogP contribution in [0.4, 0.5) is 0 Å². The molecule has 0 saturated heterocycles. The summed E-state index contributed by atoms with van der Waals surface area (Å²) in [4.78, 5) is 17.8. The summed E-state index contributed by atoms with van der Waals surface area (Å²) in [5.41, 5.74) is 5.99. The van der Waals surface area contributed by atoms with Gasteiger partial charge in [0.1, 0.15) is 16.7 Å². The fraction of sp³-hybridized carbons (Fsp3) is 0.536. The van der Waals surface area contributed by atoms with Crippen LogP contribution < -0.4 is 4.74 Å². The van der Waals surface area contributed by atoms with Crippen molar-refractivity contribution in [2.45, 2.75) is 57.4 Å². The molecule has 1 atom stereocenters. The number of hydrogen-bond donors (Lipinski definition) is 0. The molecule has 1 aliphatic heterocycles. The molecule has 2 aromatic rings. The van der Waals surface area contributed by atoms with Crippen LogP contribution in [0.1, 0.15) is 47.1 Å². The van der Waals surface area contributed by atoms with E-state index in [4.69, 9.17) is 4.74 Å². The summed E-state index contributed by atoms with van der Waals surface area (Å²) in [7, 11) is 6.35. The Morgan fingerprint density at radius 3 is 2.34 bits per heavy atom. The summed E-state index contributed by atoms with van der Waals surface area (Å²) in [5.74, 6) is 0.940. The van der Waals surface area contributed by atoms with Crippen molar-refractivity contribution >= 4 is 16.9 Å². The first kappa shape index (κ1) is 27.4. The Morgan fingerprint density at radius 2 is 1.69 bits per heavy atom. The van der Waals surface area contributed by atoms with E-state index in [0.717, 1.165) is 60.5 Å². The van der Waals surface area contributed by atoms with E-state index in [9.17, 15) is 9.00 Å². The summed E-state index contributed by atoms with van der Waals surface area (Å²) in [5, 5.41) is 0. The molecule has 0 aromatic heterocycles. The number of methoxy groups -OCH3 is 1. The molecule has 0 N–H and O–H groups in total. The lowest BCUT2D eigenvalue weighted by molar-refractivity contribution is -0.130. The van der Waals surface area contributed by atoms with Crippen LogP contribution in [-0.4, -0.2) is 72.1 Å². The van der Waals surface area contributed by atoms with Gasteiger partial charge in [0.2, 0.25) is 5.91 Å². The van der Waals surface area contributed by atoms with Crippen molar-refractivity contribution in [3.63, 3.8) is 0 Å². The van der Waals surface area contributed by atoms with Crippen LogP contribution >= 0.6 is 0 Å². The van der Waals surface area contributed by atoms with Gasteiger partial charge in [-0.05, 0) is 86.5 Å². The first-order valence-electron chi connectivity index (χ1n) is 12.5. The van der Waals surface area contributed by atoms with Crippen molar-refractivity contribution in [1.29, 1.82) is 0 Å². The molecular weight excluding hydrogens is 458 g/mol. The molecule has 1 amide bonds. The lowest BCUT2D eigenvalue weighted by Gasteiger charge is -2.20. The van der Waals surface area contributed by atoms with Crippen molar-refractivity contribution < 1.29 is 13.7 Å². The van der Waals surface area contributed by atoms with Gasteiger partial charge in [-0.2, -0.15) is 0 Å².